The van der Waals surface area contributed by atoms with Crippen LogP contribution in [0.2, 0.25) is 0 Å². The SMILES string of the molecule is CCCCCCCCCCCc1cc(C(=O)NN)ccc1F. The minimum absolute atomic E-state index is 0.242. The molecule has 0 unspecified atom stereocenters. The number of halogens is 1. The van der Waals surface area contributed by atoms with Crippen molar-refractivity contribution in [2.45, 2.75) is 71.1 Å². The molecule has 0 spiro atoms. The first kappa shape index (κ1) is 18.6. The zero-order valence-electron chi connectivity index (χ0n) is 13.7. The number of hydrogen-bond donors (Lipinski definition) is 2. The molecular formula is C18H29FN2O. The molecule has 0 heterocycles. The maximum Gasteiger partial charge on any atom is 0.265 e. The molecule has 4 heteroatoms. The van der Waals surface area contributed by atoms with Crippen molar-refractivity contribution in [3.05, 3.63) is 35.1 Å². The number of aryl methyl sites for hydroxylation is 1. The number of unbranched alkanes of at least 4 members (excludes halogenated alkanes) is 8. The summed E-state index contributed by atoms with van der Waals surface area (Å²) < 4.78 is 13.7. The van der Waals surface area contributed by atoms with E-state index >= 15 is 0 Å². The summed E-state index contributed by atoms with van der Waals surface area (Å²) in [5.74, 6) is 4.47. The third-order valence-corrected chi connectivity index (χ3v) is 3.99. The third kappa shape index (κ3) is 7.03. The molecule has 3 N–H and O–H groups in total. The van der Waals surface area contributed by atoms with Crippen molar-refractivity contribution in [3.8, 4) is 0 Å². The molecule has 0 aliphatic heterocycles. The largest absolute Gasteiger partial charge is 0.290 e. The maximum atomic E-state index is 13.7. The number of nitrogens with one attached hydrogen (secondary N) is 1. The van der Waals surface area contributed by atoms with Gasteiger partial charge in [-0.2, -0.15) is 0 Å². The normalized spacial score (nSPS) is 10.7. The average Bonchev–Trinajstić information content (AvgIpc) is 2.54. The van der Waals surface area contributed by atoms with E-state index in [1.807, 2.05) is 0 Å². The summed E-state index contributed by atoms with van der Waals surface area (Å²) in [4.78, 5) is 11.4. The Morgan fingerprint density at radius 2 is 1.64 bits per heavy atom. The fraction of sp³-hybridized carbons (Fsp3) is 0.611. The van der Waals surface area contributed by atoms with Gasteiger partial charge in [0.1, 0.15) is 5.82 Å². The lowest BCUT2D eigenvalue weighted by Gasteiger charge is -2.06. The second-order valence-corrected chi connectivity index (χ2v) is 5.86. The van der Waals surface area contributed by atoms with E-state index in [1.165, 1.54) is 57.1 Å². The van der Waals surface area contributed by atoms with Crippen molar-refractivity contribution in [3.63, 3.8) is 0 Å². The number of nitrogen functional groups attached to an aromatic ring is 1. The molecule has 0 atom stereocenters. The van der Waals surface area contributed by atoms with E-state index in [4.69, 9.17) is 5.84 Å². The van der Waals surface area contributed by atoms with Crippen LogP contribution in [0, 0.1) is 5.82 Å². The topological polar surface area (TPSA) is 55.1 Å². The van der Waals surface area contributed by atoms with E-state index in [1.54, 1.807) is 6.07 Å². The fourth-order valence-electron chi connectivity index (χ4n) is 2.62. The number of carbonyl (C=O) groups is 1. The molecule has 1 amide bonds. The van der Waals surface area contributed by atoms with E-state index in [0.717, 1.165) is 12.8 Å². The van der Waals surface area contributed by atoms with Crippen LogP contribution in [0.5, 0.6) is 0 Å². The molecule has 0 saturated carbocycles. The molecule has 0 aliphatic rings. The highest BCUT2D eigenvalue weighted by atomic mass is 19.1. The molecule has 1 rings (SSSR count). The van der Waals surface area contributed by atoms with Crippen LogP contribution in [0.1, 0.15) is 80.6 Å². The van der Waals surface area contributed by atoms with E-state index in [-0.39, 0.29) is 11.7 Å². The molecule has 0 aromatic heterocycles. The first-order valence-corrected chi connectivity index (χ1v) is 8.48. The standard InChI is InChI=1S/C18H29FN2O/c1-2-3-4-5-6-7-8-9-10-11-15-14-16(18(22)21-20)12-13-17(15)19/h12-14H,2-11,20H2,1H3,(H,21,22). The van der Waals surface area contributed by atoms with Crippen molar-refractivity contribution in [1.82, 2.24) is 5.43 Å². The van der Waals surface area contributed by atoms with Gasteiger partial charge in [0, 0.05) is 5.56 Å². The van der Waals surface area contributed by atoms with Crippen LogP contribution < -0.4 is 11.3 Å². The van der Waals surface area contributed by atoms with Crippen LogP contribution in [-0.2, 0) is 6.42 Å². The van der Waals surface area contributed by atoms with Gasteiger partial charge in [-0.3, -0.25) is 10.2 Å². The smallest absolute Gasteiger partial charge is 0.265 e. The Kier molecular flexibility index (Phi) is 9.47. The lowest BCUT2D eigenvalue weighted by atomic mass is 10.0. The van der Waals surface area contributed by atoms with Crippen molar-refractivity contribution in [2.24, 2.45) is 5.84 Å². The van der Waals surface area contributed by atoms with E-state index in [0.29, 0.717) is 17.5 Å². The Hall–Kier alpha value is -1.42. The van der Waals surface area contributed by atoms with Crippen molar-refractivity contribution >= 4 is 5.91 Å². The van der Waals surface area contributed by atoms with E-state index in [2.05, 4.69) is 12.3 Å². The number of nitrogens with two attached hydrogens (primary N) is 1. The third-order valence-electron chi connectivity index (χ3n) is 3.99. The van der Waals surface area contributed by atoms with Gasteiger partial charge in [-0.1, -0.05) is 58.3 Å². The van der Waals surface area contributed by atoms with Gasteiger partial charge in [0.15, 0.2) is 0 Å². The number of hydrogen-bond acceptors (Lipinski definition) is 2. The highest BCUT2D eigenvalue weighted by Crippen LogP contribution is 2.15. The van der Waals surface area contributed by atoms with Crippen molar-refractivity contribution in [1.29, 1.82) is 0 Å². The van der Waals surface area contributed by atoms with Crippen LogP contribution in [0.4, 0.5) is 4.39 Å². The predicted molar refractivity (Wildman–Crippen MR) is 89.0 cm³/mol. The van der Waals surface area contributed by atoms with Crippen LogP contribution in [0.25, 0.3) is 0 Å². The predicted octanol–water partition coefficient (Wildman–Crippen LogP) is 4.50. The molecule has 1 aromatic rings. The number of hydrazine groups is 1. The van der Waals surface area contributed by atoms with Gasteiger partial charge in [-0.05, 0) is 36.6 Å². The lowest BCUT2D eigenvalue weighted by molar-refractivity contribution is 0.0953. The quantitative estimate of drug-likeness (QED) is 0.274. The van der Waals surface area contributed by atoms with Gasteiger partial charge in [-0.25, -0.2) is 10.2 Å². The number of benzene rings is 1. The Labute approximate surface area is 133 Å². The monoisotopic (exact) mass is 308 g/mol. The molecule has 0 aliphatic carbocycles. The zero-order valence-corrected chi connectivity index (χ0v) is 13.7. The summed E-state index contributed by atoms with van der Waals surface area (Å²) in [7, 11) is 0. The Morgan fingerprint density at radius 1 is 1.05 bits per heavy atom. The summed E-state index contributed by atoms with van der Waals surface area (Å²) in [6.07, 6.45) is 11.8. The minimum Gasteiger partial charge on any atom is -0.290 e. The Bertz CT molecular complexity index is 449. The second kappa shape index (κ2) is 11.2. The molecule has 1 aromatic carbocycles. The summed E-state index contributed by atoms with van der Waals surface area (Å²) in [5.41, 5.74) is 3.08. The average molecular weight is 308 g/mol. The summed E-state index contributed by atoms with van der Waals surface area (Å²) >= 11 is 0. The zero-order chi connectivity index (χ0) is 16.2. The van der Waals surface area contributed by atoms with E-state index in [9.17, 15) is 9.18 Å². The molecule has 3 nitrogen and oxygen atoms in total. The van der Waals surface area contributed by atoms with Gasteiger partial charge in [0.05, 0.1) is 0 Å². The second-order valence-electron chi connectivity index (χ2n) is 5.86. The summed E-state index contributed by atoms with van der Waals surface area (Å²) in [5, 5.41) is 0. The van der Waals surface area contributed by atoms with Crippen molar-refractivity contribution < 1.29 is 9.18 Å². The highest BCUT2D eigenvalue weighted by Gasteiger charge is 2.08. The van der Waals surface area contributed by atoms with Gasteiger partial charge in [0.2, 0.25) is 0 Å². The molecule has 0 radical (unpaired) electrons. The van der Waals surface area contributed by atoms with Crippen molar-refractivity contribution in [2.75, 3.05) is 0 Å². The first-order chi connectivity index (χ1) is 10.7. The minimum atomic E-state index is -0.381. The van der Waals surface area contributed by atoms with Crippen LogP contribution >= 0.6 is 0 Å². The van der Waals surface area contributed by atoms with Gasteiger partial charge < -0.3 is 0 Å². The molecule has 0 fully saturated rings. The number of amides is 1. The molecule has 22 heavy (non-hydrogen) atoms. The van der Waals surface area contributed by atoms with Crippen LogP contribution in [0.15, 0.2) is 18.2 Å². The molecule has 124 valence electrons. The van der Waals surface area contributed by atoms with Gasteiger partial charge >= 0.3 is 0 Å². The summed E-state index contributed by atoms with van der Waals surface area (Å²) in [6.45, 7) is 2.23. The fourth-order valence-corrected chi connectivity index (χ4v) is 2.62. The van der Waals surface area contributed by atoms with E-state index < -0.39 is 0 Å². The van der Waals surface area contributed by atoms with Crippen LogP contribution in [-0.4, -0.2) is 5.91 Å². The van der Waals surface area contributed by atoms with Gasteiger partial charge in [0.25, 0.3) is 5.91 Å². The molecule has 0 saturated heterocycles. The molecular weight excluding hydrogens is 279 g/mol. The first-order valence-electron chi connectivity index (χ1n) is 8.48. The number of carbonyl (C=O) groups excluding carboxylic acids is 1. The lowest BCUT2D eigenvalue weighted by Crippen LogP contribution is -2.30. The Morgan fingerprint density at radius 3 is 2.23 bits per heavy atom. The number of rotatable bonds is 11. The van der Waals surface area contributed by atoms with Gasteiger partial charge in [-0.15, -0.1) is 0 Å². The Balaban J connectivity index is 2.23. The summed E-state index contributed by atoms with van der Waals surface area (Å²) in [6, 6.07) is 4.40. The van der Waals surface area contributed by atoms with Crippen LogP contribution in [0.3, 0.4) is 0 Å². The highest BCUT2D eigenvalue weighted by molar-refractivity contribution is 5.93. The molecule has 0 bridgehead atoms. The maximum absolute atomic E-state index is 13.7.